The molecule has 1 aliphatic heterocycles. The molecule has 0 radical (unpaired) electrons. The van der Waals surface area contributed by atoms with E-state index in [0.717, 1.165) is 10.0 Å². The molecule has 1 atom stereocenters. The van der Waals surface area contributed by atoms with Gasteiger partial charge in [-0.2, -0.15) is 0 Å². The lowest BCUT2D eigenvalue weighted by molar-refractivity contribution is -0.138. The molecule has 1 amide bonds. The van der Waals surface area contributed by atoms with Crippen LogP contribution in [0.4, 0.5) is 0 Å². The minimum atomic E-state index is -0.941. The summed E-state index contributed by atoms with van der Waals surface area (Å²) in [7, 11) is 0. The zero-order valence-electron chi connectivity index (χ0n) is 11.1. The van der Waals surface area contributed by atoms with E-state index < -0.39 is 11.5 Å². The van der Waals surface area contributed by atoms with Gasteiger partial charge < -0.3 is 15.2 Å². The molecule has 1 fully saturated rings. The molecule has 5 nitrogen and oxygen atoms in total. The highest BCUT2D eigenvalue weighted by Crippen LogP contribution is 2.24. The lowest BCUT2D eigenvalue weighted by Gasteiger charge is -2.27. The van der Waals surface area contributed by atoms with E-state index in [0.29, 0.717) is 18.6 Å². The number of hydrogen-bond acceptors (Lipinski definition) is 3. The highest BCUT2D eigenvalue weighted by atomic mass is 79.9. The predicted molar refractivity (Wildman–Crippen MR) is 76.8 cm³/mol. The van der Waals surface area contributed by atoms with Gasteiger partial charge in [0.25, 0.3) is 5.91 Å². The molecule has 6 heteroatoms. The van der Waals surface area contributed by atoms with Gasteiger partial charge in [0.05, 0.1) is 18.6 Å². The van der Waals surface area contributed by atoms with Gasteiger partial charge in [-0.05, 0) is 37.1 Å². The largest absolute Gasteiger partial charge is 0.481 e. The summed E-state index contributed by atoms with van der Waals surface area (Å²) in [4.78, 5) is 23.3. The standard InChI is InChI=1S/C14H16BrNO4/c1-9-6-10(15)2-3-11(9)13(19)16-14(7-12(17)18)4-5-20-8-14/h2-3,6H,4-5,7-8H2,1H3,(H,16,19)(H,17,18). The van der Waals surface area contributed by atoms with Crippen molar-refractivity contribution in [1.82, 2.24) is 5.32 Å². The molecule has 1 saturated heterocycles. The second-order valence-corrected chi connectivity index (χ2v) is 5.98. The van der Waals surface area contributed by atoms with Crippen LogP contribution in [0, 0.1) is 6.92 Å². The number of hydrogen-bond donors (Lipinski definition) is 2. The van der Waals surface area contributed by atoms with Gasteiger partial charge >= 0.3 is 5.97 Å². The normalized spacial score (nSPS) is 21.7. The first kappa shape index (κ1) is 15.0. The average Bonchev–Trinajstić information content (AvgIpc) is 2.75. The molecule has 0 bridgehead atoms. The molecule has 2 N–H and O–H groups in total. The van der Waals surface area contributed by atoms with E-state index in [2.05, 4.69) is 21.2 Å². The number of amides is 1. The fourth-order valence-electron chi connectivity index (χ4n) is 2.37. The van der Waals surface area contributed by atoms with Gasteiger partial charge in [0.1, 0.15) is 0 Å². The lowest BCUT2D eigenvalue weighted by atomic mass is 9.93. The van der Waals surface area contributed by atoms with Gasteiger partial charge in [-0.1, -0.05) is 15.9 Å². The van der Waals surface area contributed by atoms with Crippen LogP contribution < -0.4 is 5.32 Å². The molecule has 1 aromatic carbocycles. The first-order chi connectivity index (χ1) is 9.42. The zero-order chi connectivity index (χ0) is 14.8. The molecular formula is C14H16BrNO4. The fourth-order valence-corrected chi connectivity index (χ4v) is 2.84. The molecule has 0 aromatic heterocycles. The summed E-state index contributed by atoms with van der Waals surface area (Å²) in [6, 6.07) is 5.36. The van der Waals surface area contributed by atoms with Gasteiger partial charge in [0.2, 0.25) is 0 Å². The van der Waals surface area contributed by atoms with Crippen LogP contribution in [0.2, 0.25) is 0 Å². The van der Waals surface area contributed by atoms with E-state index in [1.807, 2.05) is 13.0 Å². The maximum Gasteiger partial charge on any atom is 0.305 e. The fraction of sp³-hybridized carbons (Fsp3) is 0.429. The van der Waals surface area contributed by atoms with Crippen LogP contribution in [0.1, 0.15) is 28.8 Å². The van der Waals surface area contributed by atoms with Gasteiger partial charge in [-0.25, -0.2) is 0 Å². The SMILES string of the molecule is Cc1cc(Br)ccc1C(=O)NC1(CC(=O)O)CCOC1. The molecule has 0 saturated carbocycles. The molecular weight excluding hydrogens is 326 g/mol. The summed E-state index contributed by atoms with van der Waals surface area (Å²) in [6.45, 7) is 2.54. The molecule has 20 heavy (non-hydrogen) atoms. The molecule has 2 rings (SSSR count). The number of aliphatic carboxylic acids is 1. The first-order valence-corrected chi connectivity index (χ1v) is 7.09. The van der Waals surface area contributed by atoms with Gasteiger partial charge in [0.15, 0.2) is 0 Å². The first-order valence-electron chi connectivity index (χ1n) is 6.30. The van der Waals surface area contributed by atoms with E-state index >= 15 is 0 Å². The van der Waals surface area contributed by atoms with Crippen molar-refractivity contribution in [3.8, 4) is 0 Å². The summed E-state index contributed by atoms with van der Waals surface area (Å²) in [5.41, 5.74) is 0.578. The van der Waals surface area contributed by atoms with E-state index in [1.165, 1.54) is 0 Å². The number of ether oxygens (including phenoxy) is 1. The number of carbonyl (C=O) groups excluding carboxylic acids is 1. The van der Waals surface area contributed by atoms with Crippen molar-refractivity contribution in [2.24, 2.45) is 0 Å². The Hall–Kier alpha value is -1.40. The quantitative estimate of drug-likeness (QED) is 0.879. The van der Waals surface area contributed by atoms with Crippen LogP contribution in [-0.4, -0.2) is 35.7 Å². The Balaban J connectivity index is 2.18. The summed E-state index contributed by atoms with van der Waals surface area (Å²) in [6.07, 6.45) is 0.384. The number of rotatable bonds is 4. The second-order valence-electron chi connectivity index (χ2n) is 5.07. The summed E-state index contributed by atoms with van der Waals surface area (Å²) >= 11 is 3.35. The Labute approximate surface area is 125 Å². The molecule has 1 aliphatic rings. The number of carboxylic acids is 1. The number of carbonyl (C=O) groups is 2. The minimum Gasteiger partial charge on any atom is -0.481 e. The van der Waals surface area contributed by atoms with E-state index in [1.54, 1.807) is 12.1 Å². The van der Waals surface area contributed by atoms with E-state index in [9.17, 15) is 9.59 Å². The van der Waals surface area contributed by atoms with E-state index in [4.69, 9.17) is 9.84 Å². The Morgan fingerprint density at radius 3 is 2.80 bits per heavy atom. The average molecular weight is 342 g/mol. The van der Waals surface area contributed by atoms with Crippen LogP contribution in [0.5, 0.6) is 0 Å². The van der Waals surface area contributed by atoms with Crippen LogP contribution in [0.25, 0.3) is 0 Å². The molecule has 0 aliphatic carbocycles. The van der Waals surface area contributed by atoms with Crippen LogP contribution in [-0.2, 0) is 9.53 Å². The maximum absolute atomic E-state index is 12.3. The highest BCUT2D eigenvalue weighted by Gasteiger charge is 2.38. The summed E-state index contributed by atoms with van der Waals surface area (Å²) in [5, 5.41) is 11.8. The predicted octanol–water partition coefficient (Wildman–Crippen LogP) is 2.12. The van der Waals surface area contributed by atoms with Crippen molar-refractivity contribution < 1.29 is 19.4 Å². The highest BCUT2D eigenvalue weighted by molar-refractivity contribution is 9.10. The molecule has 1 heterocycles. The summed E-state index contributed by atoms with van der Waals surface area (Å²) < 4.78 is 6.16. The minimum absolute atomic E-state index is 0.131. The lowest BCUT2D eigenvalue weighted by Crippen LogP contribution is -2.50. The monoisotopic (exact) mass is 341 g/mol. The number of benzene rings is 1. The van der Waals surface area contributed by atoms with Crippen LogP contribution in [0.15, 0.2) is 22.7 Å². The van der Waals surface area contributed by atoms with Crippen molar-refractivity contribution >= 4 is 27.8 Å². The second kappa shape index (κ2) is 5.93. The van der Waals surface area contributed by atoms with Crippen molar-refractivity contribution in [1.29, 1.82) is 0 Å². The van der Waals surface area contributed by atoms with Gasteiger partial charge in [0, 0.05) is 16.6 Å². The smallest absolute Gasteiger partial charge is 0.305 e. The molecule has 1 unspecified atom stereocenters. The maximum atomic E-state index is 12.3. The third kappa shape index (κ3) is 3.37. The van der Waals surface area contributed by atoms with Crippen LogP contribution in [0.3, 0.4) is 0 Å². The van der Waals surface area contributed by atoms with Gasteiger partial charge in [-0.3, -0.25) is 9.59 Å². The van der Waals surface area contributed by atoms with Crippen molar-refractivity contribution in [2.75, 3.05) is 13.2 Å². The van der Waals surface area contributed by atoms with Gasteiger partial charge in [-0.15, -0.1) is 0 Å². The van der Waals surface area contributed by atoms with Crippen molar-refractivity contribution in [3.63, 3.8) is 0 Å². The molecule has 1 aromatic rings. The van der Waals surface area contributed by atoms with Crippen LogP contribution >= 0.6 is 15.9 Å². The third-order valence-electron chi connectivity index (χ3n) is 3.40. The number of carboxylic acid groups (broad SMARTS) is 1. The molecule has 108 valence electrons. The third-order valence-corrected chi connectivity index (χ3v) is 3.90. The number of nitrogens with one attached hydrogen (secondary N) is 1. The zero-order valence-corrected chi connectivity index (χ0v) is 12.7. The van der Waals surface area contributed by atoms with E-state index in [-0.39, 0.29) is 18.9 Å². The molecule has 0 spiro atoms. The Morgan fingerprint density at radius 2 is 2.25 bits per heavy atom. The summed E-state index contributed by atoms with van der Waals surface area (Å²) in [5.74, 6) is -1.20. The Bertz CT molecular complexity index is 538. The van der Waals surface area contributed by atoms with Crippen molar-refractivity contribution in [2.45, 2.75) is 25.3 Å². The van der Waals surface area contributed by atoms with Crippen molar-refractivity contribution in [3.05, 3.63) is 33.8 Å². The Kier molecular flexibility index (Phi) is 4.45. The number of aryl methyl sites for hydroxylation is 1. The Morgan fingerprint density at radius 1 is 1.50 bits per heavy atom. The topological polar surface area (TPSA) is 75.6 Å². The number of halogens is 1.